The predicted molar refractivity (Wildman–Crippen MR) is 59.7 cm³/mol. The van der Waals surface area contributed by atoms with Crippen LogP contribution >= 0.6 is 22.6 Å². The van der Waals surface area contributed by atoms with Crippen molar-refractivity contribution in [1.82, 2.24) is 0 Å². The Bertz CT molecular complexity index is 297. The van der Waals surface area contributed by atoms with E-state index in [1.807, 2.05) is 25.1 Å². The van der Waals surface area contributed by atoms with Crippen molar-refractivity contribution in [3.05, 3.63) is 33.4 Å². The normalized spacial score (nSPS) is 9.69. The number of hydrogen-bond acceptors (Lipinski definition) is 2. The van der Waals surface area contributed by atoms with Crippen molar-refractivity contribution >= 4 is 28.6 Å². The van der Waals surface area contributed by atoms with Gasteiger partial charge in [-0.05, 0) is 47.2 Å². The minimum atomic E-state index is -0.236. The average Bonchev–Trinajstić information content (AvgIpc) is 2.14. The van der Waals surface area contributed by atoms with Gasteiger partial charge in [0.25, 0.3) is 0 Å². The second-order valence-corrected chi connectivity index (χ2v) is 3.89. The molecule has 0 atom stereocenters. The van der Waals surface area contributed by atoms with Crippen molar-refractivity contribution < 1.29 is 9.53 Å². The summed E-state index contributed by atoms with van der Waals surface area (Å²) in [5.41, 5.74) is 0.625. The van der Waals surface area contributed by atoms with Crippen molar-refractivity contribution in [1.29, 1.82) is 0 Å². The molecule has 3 heteroatoms. The number of hydrogen-bond donors (Lipinski definition) is 0. The average molecular weight is 290 g/mol. The molecule has 0 aromatic heterocycles. The van der Waals surface area contributed by atoms with Gasteiger partial charge in [0.05, 0.1) is 12.2 Å². The van der Waals surface area contributed by atoms with Gasteiger partial charge in [0.2, 0.25) is 0 Å². The third kappa shape index (κ3) is 3.34. The van der Waals surface area contributed by atoms with E-state index in [0.29, 0.717) is 12.2 Å². The molecule has 1 aromatic rings. The molecule has 0 radical (unpaired) electrons. The van der Waals surface area contributed by atoms with Gasteiger partial charge >= 0.3 is 5.97 Å². The molecular weight excluding hydrogens is 279 g/mol. The molecule has 1 rings (SSSR count). The molecule has 0 aliphatic carbocycles. The maximum atomic E-state index is 11.3. The molecule has 0 fully saturated rings. The van der Waals surface area contributed by atoms with Crippen LogP contribution in [0.1, 0.15) is 23.7 Å². The van der Waals surface area contributed by atoms with Gasteiger partial charge in [0, 0.05) is 3.57 Å². The number of carbonyl (C=O) groups excluding carboxylic acids is 1. The Morgan fingerprint density at radius 2 is 2.31 bits per heavy atom. The van der Waals surface area contributed by atoms with Crippen molar-refractivity contribution in [2.45, 2.75) is 13.3 Å². The van der Waals surface area contributed by atoms with Crippen LogP contribution in [-0.2, 0) is 4.74 Å². The van der Waals surface area contributed by atoms with Gasteiger partial charge in [0.1, 0.15) is 0 Å². The Morgan fingerprint density at radius 3 is 2.92 bits per heavy atom. The van der Waals surface area contributed by atoms with Crippen LogP contribution in [-0.4, -0.2) is 12.6 Å². The first-order valence-corrected chi connectivity index (χ1v) is 5.24. The first kappa shape index (κ1) is 10.5. The topological polar surface area (TPSA) is 26.3 Å². The van der Waals surface area contributed by atoms with E-state index in [9.17, 15) is 4.79 Å². The van der Waals surface area contributed by atoms with E-state index in [-0.39, 0.29) is 5.97 Å². The van der Waals surface area contributed by atoms with E-state index in [1.165, 1.54) is 0 Å². The van der Waals surface area contributed by atoms with Crippen LogP contribution in [0.4, 0.5) is 0 Å². The van der Waals surface area contributed by atoms with Crippen LogP contribution in [0.3, 0.4) is 0 Å². The zero-order chi connectivity index (χ0) is 9.68. The standard InChI is InChI=1S/C10H11IO2/c1-2-6-13-10(12)8-4-3-5-9(11)7-8/h3-5,7H,2,6H2,1H3. The SMILES string of the molecule is CCCOC(=O)c1cccc(I)c1. The first-order valence-electron chi connectivity index (χ1n) is 4.16. The Kier molecular flexibility index (Phi) is 4.21. The van der Waals surface area contributed by atoms with E-state index in [2.05, 4.69) is 22.6 Å². The lowest BCUT2D eigenvalue weighted by atomic mass is 10.2. The molecule has 0 N–H and O–H groups in total. The Balaban J connectivity index is 2.66. The molecule has 0 saturated heterocycles. The molecular formula is C10H11IO2. The maximum absolute atomic E-state index is 11.3. The fourth-order valence-electron chi connectivity index (χ4n) is 0.894. The first-order chi connectivity index (χ1) is 6.24. The molecule has 0 aliphatic heterocycles. The van der Waals surface area contributed by atoms with Gasteiger partial charge in [-0.3, -0.25) is 0 Å². The lowest BCUT2D eigenvalue weighted by Crippen LogP contribution is -2.05. The van der Waals surface area contributed by atoms with E-state index < -0.39 is 0 Å². The van der Waals surface area contributed by atoms with Gasteiger partial charge in [-0.25, -0.2) is 4.79 Å². The summed E-state index contributed by atoms with van der Waals surface area (Å²) in [5.74, 6) is -0.236. The third-order valence-corrected chi connectivity index (χ3v) is 2.17. The zero-order valence-corrected chi connectivity index (χ0v) is 9.58. The Hall–Kier alpha value is -0.580. The smallest absolute Gasteiger partial charge is 0.338 e. The van der Waals surface area contributed by atoms with E-state index in [1.54, 1.807) is 6.07 Å². The van der Waals surface area contributed by atoms with Gasteiger partial charge < -0.3 is 4.74 Å². The van der Waals surface area contributed by atoms with Crippen molar-refractivity contribution in [3.8, 4) is 0 Å². The van der Waals surface area contributed by atoms with Crippen LogP contribution in [0.2, 0.25) is 0 Å². The zero-order valence-electron chi connectivity index (χ0n) is 7.42. The number of rotatable bonds is 3. The van der Waals surface area contributed by atoms with E-state index >= 15 is 0 Å². The predicted octanol–water partition coefficient (Wildman–Crippen LogP) is 2.86. The van der Waals surface area contributed by atoms with Crippen LogP contribution in [0.15, 0.2) is 24.3 Å². The van der Waals surface area contributed by atoms with Gasteiger partial charge in [-0.1, -0.05) is 13.0 Å². The van der Waals surface area contributed by atoms with Crippen molar-refractivity contribution in [2.24, 2.45) is 0 Å². The van der Waals surface area contributed by atoms with Gasteiger partial charge in [-0.15, -0.1) is 0 Å². The summed E-state index contributed by atoms with van der Waals surface area (Å²) in [4.78, 5) is 11.3. The number of ether oxygens (including phenoxy) is 1. The number of benzene rings is 1. The number of halogens is 1. The Morgan fingerprint density at radius 1 is 1.54 bits per heavy atom. The highest BCUT2D eigenvalue weighted by Crippen LogP contribution is 2.08. The molecule has 0 unspecified atom stereocenters. The minimum absolute atomic E-state index is 0.236. The van der Waals surface area contributed by atoms with Crippen molar-refractivity contribution in [3.63, 3.8) is 0 Å². The molecule has 0 saturated carbocycles. The highest BCUT2D eigenvalue weighted by atomic mass is 127. The monoisotopic (exact) mass is 290 g/mol. The summed E-state index contributed by atoms with van der Waals surface area (Å²) >= 11 is 2.17. The highest BCUT2D eigenvalue weighted by molar-refractivity contribution is 14.1. The van der Waals surface area contributed by atoms with Crippen LogP contribution in [0.5, 0.6) is 0 Å². The molecule has 2 nitrogen and oxygen atoms in total. The fraction of sp³-hybridized carbons (Fsp3) is 0.300. The van der Waals surface area contributed by atoms with E-state index in [0.717, 1.165) is 9.99 Å². The van der Waals surface area contributed by atoms with Crippen LogP contribution in [0, 0.1) is 3.57 Å². The fourth-order valence-corrected chi connectivity index (χ4v) is 1.44. The summed E-state index contributed by atoms with van der Waals surface area (Å²) in [7, 11) is 0. The number of esters is 1. The Labute approximate surface area is 91.4 Å². The second-order valence-electron chi connectivity index (χ2n) is 2.65. The van der Waals surface area contributed by atoms with Gasteiger partial charge in [0.15, 0.2) is 0 Å². The quantitative estimate of drug-likeness (QED) is 0.632. The molecule has 0 heterocycles. The molecule has 0 aliphatic rings. The summed E-state index contributed by atoms with van der Waals surface area (Å²) < 4.78 is 6.03. The maximum Gasteiger partial charge on any atom is 0.338 e. The largest absolute Gasteiger partial charge is 0.462 e. The van der Waals surface area contributed by atoms with Crippen LogP contribution in [0.25, 0.3) is 0 Å². The summed E-state index contributed by atoms with van der Waals surface area (Å²) in [6, 6.07) is 7.38. The third-order valence-electron chi connectivity index (χ3n) is 1.50. The molecule has 70 valence electrons. The summed E-state index contributed by atoms with van der Waals surface area (Å²) in [6.07, 6.45) is 0.857. The summed E-state index contributed by atoms with van der Waals surface area (Å²) in [5, 5.41) is 0. The minimum Gasteiger partial charge on any atom is -0.462 e. The highest BCUT2D eigenvalue weighted by Gasteiger charge is 2.05. The molecule has 13 heavy (non-hydrogen) atoms. The molecule has 0 amide bonds. The summed E-state index contributed by atoms with van der Waals surface area (Å²) in [6.45, 7) is 2.46. The molecule has 0 bridgehead atoms. The second kappa shape index (κ2) is 5.21. The van der Waals surface area contributed by atoms with E-state index in [4.69, 9.17) is 4.74 Å². The lowest BCUT2D eigenvalue weighted by molar-refractivity contribution is 0.0505. The van der Waals surface area contributed by atoms with Gasteiger partial charge in [-0.2, -0.15) is 0 Å². The molecule has 0 spiro atoms. The lowest BCUT2D eigenvalue weighted by Gasteiger charge is -2.02. The molecule has 1 aromatic carbocycles. The number of carbonyl (C=O) groups is 1. The van der Waals surface area contributed by atoms with Crippen LogP contribution < -0.4 is 0 Å². The van der Waals surface area contributed by atoms with Crippen molar-refractivity contribution in [2.75, 3.05) is 6.61 Å².